The highest BCUT2D eigenvalue weighted by Gasteiger charge is 1.59. The second-order valence-corrected chi connectivity index (χ2v) is 0.907. The number of nitrogens with one attached hydrogen (secondary N) is 1. The van der Waals surface area contributed by atoms with Crippen LogP contribution in [0.2, 0.25) is 0 Å². The fraction of sp³-hybridized carbons (Fsp3) is 1.00. The molecule has 0 aliphatic heterocycles. The van der Waals surface area contributed by atoms with Crippen LogP contribution in [-0.4, -0.2) is 18.3 Å². The minimum Gasteiger partial charge on any atom is -0.705 e. The molecule has 0 spiro atoms. The summed E-state index contributed by atoms with van der Waals surface area (Å²) in [6.45, 7) is 0.638. The average molecular weight is 92.1 g/mol. The monoisotopic (exact) mass is 92.0 g/mol. The topological polar surface area (TPSA) is 32.3 Å². The smallest absolute Gasteiger partial charge is 0.0539 e. The Morgan fingerprint density at radius 1 is 1.80 bits per heavy atom. The Balaban J connectivity index is 2.19. The summed E-state index contributed by atoms with van der Waals surface area (Å²) in [5.41, 5.74) is 0. The van der Waals surface area contributed by atoms with Crippen LogP contribution < -0.4 is 4.72 Å². The maximum atomic E-state index is 7.94. The van der Waals surface area contributed by atoms with Gasteiger partial charge >= 0.3 is 0 Å². The molecule has 2 nitrogen and oxygen atoms in total. The van der Waals surface area contributed by atoms with Crippen molar-refractivity contribution in [2.24, 2.45) is 0 Å². The predicted octanol–water partition coefficient (Wildman–Crippen LogP) is -0.970. The second kappa shape index (κ2) is 4.27. The van der Waals surface area contributed by atoms with E-state index in [0.29, 0.717) is 6.54 Å². The van der Waals surface area contributed by atoms with Crippen molar-refractivity contribution in [3.63, 3.8) is 0 Å². The van der Waals surface area contributed by atoms with E-state index in [0.717, 1.165) is 0 Å². The third-order valence-electron chi connectivity index (χ3n) is 0.214. The molecule has 0 radical (unpaired) electrons. The van der Waals surface area contributed by atoms with Crippen LogP contribution in [0.25, 0.3) is 0 Å². The molecule has 0 heterocycles. The Bertz CT molecular complexity index is 17.1. The van der Waals surface area contributed by atoms with Gasteiger partial charge in [-0.05, 0) is 6.54 Å². The highest BCUT2D eigenvalue weighted by Crippen LogP contribution is 1.44. The van der Waals surface area contributed by atoms with E-state index in [2.05, 4.69) is 17.5 Å². The summed E-state index contributed by atoms with van der Waals surface area (Å²) >= 11 is 4.24. The van der Waals surface area contributed by atoms with Crippen LogP contribution in [0.1, 0.15) is 0 Å². The molecule has 2 N–H and O–H groups in total. The molecule has 0 fully saturated rings. The molecule has 5 heavy (non-hydrogen) atoms. The second-order valence-electron chi connectivity index (χ2n) is 0.618. The summed E-state index contributed by atoms with van der Waals surface area (Å²) in [6, 6.07) is 0. The molecule has 0 aromatic carbocycles. The van der Waals surface area contributed by atoms with Crippen molar-refractivity contribution in [1.29, 1.82) is 0 Å². The molecular weight excluding hydrogens is 86.1 g/mol. The molecule has 3 heteroatoms. The first-order valence-corrected chi connectivity index (χ1v) is 1.78. The van der Waals surface area contributed by atoms with E-state index < -0.39 is 0 Å². The van der Waals surface area contributed by atoms with E-state index in [1.807, 2.05) is 0 Å². The van der Waals surface area contributed by atoms with Gasteiger partial charge in [-0.2, -0.15) is 0 Å². The zero-order valence-electron chi connectivity index (χ0n) is 2.77. The van der Waals surface area contributed by atoms with E-state index >= 15 is 0 Å². The first kappa shape index (κ1) is 5.27. The molecule has 0 aliphatic carbocycles. The number of aliphatic hydroxyl groups is 1. The van der Waals surface area contributed by atoms with E-state index in [-0.39, 0.29) is 6.61 Å². The third kappa shape index (κ3) is 4.27. The number of rotatable bonds is 2. The Morgan fingerprint density at radius 3 is 2.40 bits per heavy atom. The van der Waals surface area contributed by atoms with E-state index in [1.165, 1.54) is 0 Å². The van der Waals surface area contributed by atoms with Gasteiger partial charge < -0.3 is 22.6 Å². The van der Waals surface area contributed by atoms with E-state index in [9.17, 15) is 0 Å². The molecule has 0 unspecified atom stereocenters. The lowest BCUT2D eigenvalue weighted by molar-refractivity contribution is 0.302. The molecular formula is C2H6NOS-. The van der Waals surface area contributed by atoms with Gasteiger partial charge in [0.15, 0.2) is 0 Å². The lowest BCUT2D eigenvalue weighted by atomic mass is 10.8. The van der Waals surface area contributed by atoms with E-state index in [1.54, 1.807) is 0 Å². The van der Waals surface area contributed by atoms with Gasteiger partial charge in [-0.3, -0.25) is 0 Å². The number of aliphatic hydroxyl groups excluding tert-OH is 1. The molecule has 0 saturated heterocycles. The van der Waals surface area contributed by atoms with Gasteiger partial charge in [0.25, 0.3) is 0 Å². The van der Waals surface area contributed by atoms with Gasteiger partial charge in [0.05, 0.1) is 6.61 Å². The predicted molar refractivity (Wildman–Crippen MR) is 22.5 cm³/mol. The third-order valence-corrected chi connectivity index (χ3v) is 0.418. The Labute approximate surface area is 36.7 Å². The first-order chi connectivity index (χ1) is 2.41. The summed E-state index contributed by atoms with van der Waals surface area (Å²) in [5.74, 6) is 0. The Hall–Kier alpha value is 0.270. The van der Waals surface area contributed by atoms with Crippen LogP contribution in [0.4, 0.5) is 0 Å². The van der Waals surface area contributed by atoms with Crippen LogP contribution in [-0.2, 0) is 12.8 Å². The number of hydrogen-bond donors (Lipinski definition) is 2. The fourth-order valence-corrected chi connectivity index (χ4v) is 0.137. The summed E-state index contributed by atoms with van der Waals surface area (Å²) in [6.07, 6.45) is 0. The Morgan fingerprint density at radius 2 is 2.40 bits per heavy atom. The van der Waals surface area contributed by atoms with Crippen molar-refractivity contribution in [1.82, 2.24) is 4.72 Å². The van der Waals surface area contributed by atoms with Crippen LogP contribution >= 0.6 is 0 Å². The fourth-order valence-electron chi connectivity index (χ4n) is 0.0456. The zero-order chi connectivity index (χ0) is 4.12. The summed E-state index contributed by atoms with van der Waals surface area (Å²) in [4.78, 5) is 0. The maximum Gasteiger partial charge on any atom is 0.0539 e. The van der Waals surface area contributed by atoms with Crippen molar-refractivity contribution in [2.45, 2.75) is 0 Å². The lowest BCUT2D eigenvalue weighted by Crippen LogP contribution is -2.08. The standard InChI is InChI=1S/C2H6NOS/c4-2-1-3-5/h3-4H,1-2H2/q-1. The average Bonchev–Trinajstić information content (AvgIpc) is 1.41. The van der Waals surface area contributed by atoms with Gasteiger partial charge in [0, 0.05) is 0 Å². The van der Waals surface area contributed by atoms with Gasteiger partial charge in [0.1, 0.15) is 0 Å². The van der Waals surface area contributed by atoms with Gasteiger partial charge in [-0.25, -0.2) is 0 Å². The zero-order valence-corrected chi connectivity index (χ0v) is 3.59. The molecule has 0 aromatic rings. The van der Waals surface area contributed by atoms with Crippen molar-refractivity contribution >= 4 is 12.8 Å². The van der Waals surface area contributed by atoms with Crippen molar-refractivity contribution in [3.05, 3.63) is 0 Å². The molecule has 0 aliphatic rings. The van der Waals surface area contributed by atoms with Gasteiger partial charge in [-0.1, -0.05) is 0 Å². The minimum atomic E-state index is 0.128. The quantitative estimate of drug-likeness (QED) is 0.430. The summed E-state index contributed by atoms with van der Waals surface area (Å²) in [5, 5.41) is 7.94. The summed E-state index contributed by atoms with van der Waals surface area (Å²) in [7, 11) is 0. The van der Waals surface area contributed by atoms with Crippen LogP contribution in [0.15, 0.2) is 0 Å². The van der Waals surface area contributed by atoms with E-state index in [4.69, 9.17) is 5.11 Å². The van der Waals surface area contributed by atoms with Crippen LogP contribution in [0.3, 0.4) is 0 Å². The Kier molecular flexibility index (Phi) is 4.50. The number of hydrogen-bond acceptors (Lipinski definition) is 3. The van der Waals surface area contributed by atoms with Crippen molar-refractivity contribution in [3.8, 4) is 0 Å². The maximum absolute atomic E-state index is 7.94. The van der Waals surface area contributed by atoms with Crippen LogP contribution in [0, 0.1) is 0 Å². The molecule has 0 rings (SSSR count). The minimum absolute atomic E-state index is 0.128. The van der Waals surface area contributed by atoms with Gasteiger partial charge in [0.2, 0.25) is 0 Å². The van der Waals surface area contributed by atoms with Crippen LogP contribution in [0.5, 0.6) is 0 Å². The highest BCUT2D eigenvalue weighted by molar-refractivity contribution is 7.56. The molecule has 0 atom stereocenters. The van der Waals surface area contributed by atoms with Crippen molar-refractivity contribution < 1.29 is 5.11 Å². The first-order valence-electron chi connectivity index (χ1n) is 1.37. The molecule has 0 bridgehead atoms. The summed E-state index contributed by atoms with van der Waals surface area (Å²) < 4.78 is 2.35. The molecule has 0 aromatic heterocycles. The van der Waals surface area contributed by atoms with Gasteiger partial charge in [-0.15, -0.1) is 0 Å². The largest absolute Gasteiger partial charge is 0.705 e. The lowest BCUT2D eigenvalue weighted by Gasteiger charge is -2.00. The molecule has 32 valence electrons. The van der Waals surface area contributed by atoms with Crippen molar-refractivity contribution in [2.75, 3.05) is 13.2 Å². The molecule has 0 saturated carbocycles. The highest BCUT2D eigenvalue weighted by atomic mass is 32.1. The molecule has 0 amide bonds. The normalized spacial score (nSPS) is 8.40. The SMILES string of the molecule is OCCN[S-].